The molecular formula is C15H16N4O2. The number of ether oxygens (including phenoxy) is 1. The Hall–Kier alpha value is -2.60. The van der Waals surface area contributed by atoms with Gasteiger partial charge in [0.1, 0.15) is 17.5 Å². The highest BCUT2D eigenvalue weighted by molar-refractivity contribution is 5.92. The van der Waals surface area contributed by atoms with Gasteiger partial charge in [-0.3, -0.25) is 10.6 Å². The Morgan fingerprint density at radius 2 is 2.19 bits per heavy atom. The van der Waals surface area contributed by atoms with Crippen LogP contribution in [0.25, 0.3) is 0 Å². The molecule has 1 unspecified atom stereocenters. The van der Waals surface area contributed by atoms with Gasteiger partial charge in [0.15, 0.2) is 0 Å². The molecule has 1 amide bonds. The third-order valence-corrected chi connectivity index (χ3v) is 3.37. The first-order valence-corrected chi connectivity index (χ1v) is 6.71. The number of nitrogens with two attached hydrogens (primary N) is 1. The summed E-state index contributed by atoms with van der Waals surface area (Å²) in [5.41, 5.74) is 4.65. The molecule has 0 saturated carbocycles. The first-order valence-electron chi connectivity index (χ1n) is 6.71. The Balaban J connectivity index is 1.55. The highest BCUT2D eigenvalue weighted by atomic mass is 16.5. The van der Waals surface area contributed by atoms with Crippen LogP contribution >= 0.6 is 0 Å². The number of pyridine rings is 1. The van der Waals surface area contributed by atoms with Crippen molar-refractivity contribution < 1.29 is 9.53 Å². The zero-order valence-corrected chi connectivity index (χ0v) is 11.4. The van der Waals surface area contributed by atoms with Gasteiger partial charge in [-0.1, -0.05) is 18.2 Å². The van der Waals surface area contributed by atoms with Gasteiger partial charge in [0, 0.05) is 6.42 Å². The molecule has 108 valence electrons. The Morgan fingerprint density at radius 3 is 2.90 bits per heavy atom. The lowest BCUT2D eigenvalue weighted by atomic mass is 10.1. The number of hydrogen-bond donors (Lipinski definition) is 3. The first-order chi connectivity index (χ1) is 10.3. The highest BCUT2D eigenvalue weighted by Crippen LogP contribution is 2.27. The minimum atomic E-state index is -0.224. The molecule has 0 fully saturated rings. The van der Waals surface area contributed by atoms with E-state index in [4.69, 9.17) is 10.6 Å². The molecule has 0 spiro atoms. The van der Waals surface area contributed by atoms with Crippen molar-refractivity contribution in [3.05, 3.63) is 53.9 Å². The number of benzene rings is 1. The molecule has 0 saturated heterocycles. The Labute approximate surface area is 122 Å². The normalized spacial score (nSPS) is 16.0. The summed E-state index contributed by atoms with van der Waals surface area (Å²) in [7, 11) is 0. The summed E-state index contributed by atoms with van der Waals surface area (Å²) in [6, 6.07) is 11.2. The van der Waals surface area contributed by atoms with Gasteiger partial charge < -0.3 is 15.5 Å². The Bertz CT molecular complexity index is 617. The molecule has 2 aromatic rings. The minimum absolute atomic E-state index is 0.0312. The molecule has 0 aliphatic carbocycles. The second-order valence-electron chi connectivity index (χ2n) is 4.84. The molecule has 1 aliphatic rings. The van der Waals surface area contributed by atoms with Crippen LogP contribution in [0.3, 0.4) is 0 Å². The topological polar surface area (TPSA) is 89.3 Å². The van der Waals surface area contributed by atoms with Gasteiger partial charge in [0.05, 0.1) is 18.4 Å². The number of fused-ring (bicyclic) bond motifs is 1. The van der Waals surface area contributed by atoms with Crippen LogP contribution in [0.5, 0.6) is 5.75 Å². The fourth-order valence-corrected chi connectivity index (χ4v) is 2.28. The van der Waals surface area contributed by atoms with E-state index in [-0.39, 0.29) is 12.0 Å². The molecule has 1 atom stereocenters. The predicted molar refractivity (Wildman–Crippen MR) is 78.9 cm³/mol. The molecule has 6 heteroatoms. The first kappa shape index (κ1) is 13.4. The summed E-state index contributed by atoms with van der Waals surface area (Å²) in [6.45, 7) is 0.450. The summed E-state index contributed by atoms with van der Waals surface area (Å²) in [5, 5.41) is 2.84. The number of aromatic nitrogens is 1. The summed E-state index contributed by atoms with van der Waals surface area (Å²) >= 11 is 0. The average molecular weight is 284 g/mol. The molecular weight excluding hydrogens is 268 g/mol. The number of anilines is 1. The van der Waals surface area contributed by atoms with Crippen molar-refractivity contribution in [1.29, 1.82) is 0 Å². The fourth-order valence-electron chi connectivity index (χ4n) is 2.28. The number of nitrogens with one attached hydrogen (secondary N) is 2. The van der Waals surface area contributed by atoms with Gasteiger partial charge in [-0.25, -0.2) is 4.98 Å². The average Bonchev–Trinajstić information content (AvgIpc) is 2.95. The maximum Gasteiger partial charge on any atom is 0.270 e. The fraction of sp³-hybridized carbons (Fsp3) is 0.200. The number of rotatable bonds is 4. The monoisotopic (exact) mass is 284 g/mol. The van der Waals surface area contributed by atoms with E-state index in [1.807, 2.05) is 24.3 Å². The summed E-state index contributed by atoms with van der Waals surface area (Å²) in [5.74, 6) is 5.92. The lowest BCUT2D eigenvalue weighted by molar-refractivity contribution is 0.0928. The Kier molecular flexibility index (Phi) is 3.70. The second kappa shape index (κ2) is 5.80. The van der Waals surface area contributed by atoms with Gasteiger partial charge >= 0.3 is 0 Å². The molecule has 1 aromatic carbocycles. The van der Waals surface area contributed by atoms with Crippen LogP contribution < -0.4 is 21.3 Å². The van der Waals surface area contributed by atoms with Gasteiger partial charge in [0.2, 0.25) is 0 Å². The van der Waals surface area contributed by atoms with Crippen LogP contribution in [-0.2, 0) is 6.42 Å². The van der Waals surface area contributed by atoms with Crippen molar-refractivity contribution in [2.45, 2.75) is 12.5 Å². The van der Waals surface area contributed by atoms with E-state index in [2.05, 4.69) is 15.7 Å². The van der Waals surface area contributed by atoms with Crippen molar-refractivity contribution in [2.75, 3.05) is 12.0 Å². The minimum Gasteiger partial charge on any atom is -0.488 e. The van der Waals surface area contributed by atoms with E-state index in [1.54, 1.807) is 12.1 Å². The summed E-state index contributed by atoms with van der Waals surface area (Å²) in [4.78, 5) is 16.0. The molecule has 1 aromatic heterocycles. The van der Waals surface area contributed by atoms with Crippen LogP contribution in [0.4, 0.5) is 5.69 Å². The molecule has 0 bridgehead atoms. The van der Waals surface area contributed by atoms with E-state index in [1.165, 1.54) is 11.8 Å². The van der Waals surface area contributed by atoms with Crippen LogP contribution in [0.15, 0.2) is 42.6 Å². The van der Waals surface area contributed by atoms with Crippen molar-refractivity contribution >= 4 is 11.6 Å². The van der Waals surface area contributed by atoms with Crippen LogP contribution in [0, 0.1) is 0 Å². The zero-order chi connectivity index (χ0) is 14.7. The molecule has 4 N–H and O–H groups in total. The molecule has 2 heterocycles. The molecule has 1 aliphatic heterocycles. The zero-order valence-electron chi connectivity index (χ0n) is 11.4. The number of nitrogens with zero attached hydrogens (tertiary/aromatic N) is 1. The lowest BCUT2D eigenvalue weighted by Gasteiger charge is -2.11. The maximum atomic E-state index is 12.0. The number of amides is 1. The van der Waals surface area contributed by atoms with Crippen molar-refractivity contribution in [3.8, 4) is 5.75 Å². The van der Waals surface area contributed by atoms with Crippen LogP contribution in [-0.4, -0.2) is 23.5 Å². The number of nitrogen functional groups attached to an aromatic ring is 1. The van der Waals surface area contributed by atoms with Gasteiger partial charge in [0.25, 0.3) is 5.91 Å². The predicted octanol–water partition coefficient (Wildman–Crippen LogP) is 1.10. The van der Waals surface area contributed by atoms with E-state index in [0.717, 1.165) is 12.2 Å². The maximum absolute atomic E-state index is 12.0. The third-order valence-electron chi connectivity index (χ3n) is 3.37. The smallest absolute Gasteiger partial charge is 0.270 e. The van der Waals surface area contributed by atoms with Gasteiger partial charge in [-0.2, -0.15) is 0 Å². The van der Waals surface area contributed by atoms with E-state index < -0.39 is 0 Å². The van der Waals surface area contributed by atoms with E-state index >= 15 is 0 Å². The number of carbonyl (C=O) groups is 1. The Morgan fingerprint density at radius 1 is 1.33 bits per heavy atom. The van der Waals surface area contributed by atoms with Crippen molar-refractivity contribution in [2.24, 2.45) is 5.84 Å². The third kappa shape index (κ3) is 2.95. The molecule has 3 rings (SSSR count). The molecule has 0 radical (unpaired) electrons. The van der Waals surface area contributed by atoms with Crippen LogP contribution in [0.2, 0.25) is 0 Å². The molecule has 6 nitrogen and oxygen atoms in total. The largest absolute Gasteiger partial charge is 0.488 e. The highest BCUT2D eigenvalue weighted by Gasteiger charge is 2.22. The van der Waals surface area contributed by atoms with E-state index in [0.29, 0.717) is 17.9 Å². The lowest BCUT2D eigenvalue weighted by Crippen LogP contribution is -2.34. The van der Waals surface area contributed by atoms with Crippen molar-refractivity contribution in [1.82, 2.24) is 10.3 Å². The van der Waals surface area contributed by atoms with Gasteiger partial charge in [-0.05, 0) is 23.8 Å². The SMILES string of the molecule is NNc1ccc(C(=O)NCC2Cc3ccccc3O2)nc1. The summed E-state index contributed by atoms with van der Waals surface area (Å²) < 4.78 is 5.77. The van der Waals surface area contributed by atoms with Crippen LogP contribution in [0.1, 0.15) is 16.1 Å². The number of para-hydroxylation sites is 1. The summed E-state index contributed by atoms with van der Waals surface area (Å²) in [6.07, 6.45) is 2.29. The number of hydrogen-bond acceptors (Lipinski definition) is 5. The quantitative estimate of drug-likeness (QED) is 0.578. The molecule has 21 heavy (non-hydrogen) atoms. The number of carbonyl (C=O) groups excluding carboxylic acids is 1. The standard InChI is InChI=1S/C15H16N4O2/c16-19-11-5-6-13(17-8-11)15(20)18-9-12-7-10-3-1-2-4-14(10)21-12/h1-6,8,12,19H,7,9,16H2,(H,18,20). The van der Waals surface area contributed by atoms with Gasteiger partial charge in [-0.15, -0.1) is 0 Å². The second-order valence-corrected chi connectivity index (χ2v) is 4.84. The van der Waals surface area contributed by atoms with Crippen molar-refractivity contribution in [3.63, 3.8) is 0 Å². The van der Waals surface area contributed by atoms with E-state index in [9.17, 15) is 4.79 Å². The number of hydrazine groups is 1.